The molecule has 0 radical (unpaired) electrons. The molecule has 2 fully saturated rings. The summed E-state index contributed by atoms with van der Waals surface area (Å²) >= 11 is 0. The molecule has 0 aromatic heterocycles. The number of nitrogens with one attached hydrogen (secondary N) is 2. The first kappa shape index (κ1) is 22.7. The standard InChI is InChI=1S/C24H28N4O5/c1-15-13-27(14-16(2)33-15)24(30)18-5-3-17(4-6-18)12-25-23(29)19-7-10-21(26-20-8-9-20)22(11-19)28(31)32/h3-7,10-11,15-16,20,26H,8-9,12-14H2,1-2H3,(H,25,29). The number of hydrogen-bond acceptors (Lipinski definition) is 6. The highest BCUT2D eigenvalue weighted by molar-refractivity contribution is 5.96. The summed E-state index contributed by atoms with van der Waals surface area (Å²) in [5, 5.41) is 17.3. The van der Waals surface area contributed by atoms with Gasteiger partial charge in [-0.15, -0.1) is 0 Å². The van der Waals surface area contributed by atoms with Gasteiger partial charge in [-0.25, -0.2) is 0 Å². The predicted molar refractivity (Wildman–Crippen MR) is 123 cm³/mol. The van der Waals surface area contributed by atoms with E-state index in [-0.39, 0.29) is 42.0 Å². The molecule has 0 spiro atoms. The molecule has 0 bridgehead atoms. The number of morpholine rings is 1. The Labute approximate surface area is 192 Å². The lowest BCUT2D eigenvalue weighted by Gasteiger charge is -2.35. The molecule has 2 amide bonds. The van der Waals surface area contributed by atoms with Crippen LogP contribution in [-0.4, -0.2) is 53.0 Å². The molecule has 174 valence electrons. The van der Waals surface area contributed by atoms with E-state index >= 15 is 0 Å². The second kappa shape index (κ2) is 9.58. The van der Waals surface area contributed by atoms with Crippen LogP contribution >= 0.6 is 0 Å². The maximum absolute atomic E-state index is 12.8. The highest BCUT2D eigenvalue weighted by Gasteiger charge is 2.27. The van der Waals surface area contributed by atoms with E-state index < -0.39 is 10.8 Å². The van der Waals surface area contributed by atoms with Gasteiger partial charge in [0.1, 0.15) is 5.69 Å². The fraction of sp³-hybridized carbons (Fsp3) is 0.417. The van der Waals surface area contributed by atoms with Gasteiger partial charge in [0.25, 0.3) is 17.5 Å². The maximum Gasteiger partial charge on any atom is 0.293 e. The summed E-state index contributed by atoms with van der Waals surface area (Å²) < 4.78 is 5.68. The Bertz CT molecular complexity index is 1040. The summed E-state index contributed by atoms with van der Waals surface area (Å²) in [5.41, 5.74) is 1.96. The number of benzene rings is 2. The normalized spacial score (nSPS) is 20.2. The Morgan fingerprint density at radius 1 is 1.06 bits per heavy atom. The predicted octanol–water partition coefficient (Wildman–Crippen LogP) is 3.35. The highest BCUT2D eigenvalue weighted by Crippen LogP contribution is 2.31. The molecule has 1 heterocycles. The van der Waals surface area contributed by atoms with Crippen LogP contribution in [0, 0.1) is 10.1 Å². The lowest BCUT2D eigenvalue weighted by atomic mass is 10.1. The molecular formula is C24H28N4O5. The molecule has 1 aliphatic carbocycles. The number of rotatable bonds is 7. The third-order valence-electron chi connectivity index (χ3n) is 5.75. The van der Waals surface area contributed by atoms with Crippen molar-refractivity contribution >= 4 is 23.2 Å². The highest BCUT2D eigenvalue weighted by atomic mass is 16.6. The zero-order chi connectivity index (χ0) is 23.5. The molecule has 4 rings (SSSR count). The minimum atomic E-state index is -0.479. The van der Waals surface area contributed by atoms with Gasteiger partial charge in [-0.3, -0.25) is 19.7 Å². The van der Waals surface area contributed by atoms with Crippen LogP contribution in [0.2, 0.25) is 0 Å². The average molecular weight is 453 g/mol. The van der Waals surface area contributed by atoms with Crippen molar-refractivity contribution in [3.63, 3.8) is 0 Å². The Morgan fingerprint density at radius 2 is 1.70 bits per heavy atom. The number of carbonyl (C=O) groups excluding carboxylic acids is 2. The van der Waals surface area contributed by atoms with E-state index in [1.807, 2.05) is 13.8 Å². The van der Waals surface area contributed by atoms with Gasteiger partial charge in [0.05, 0.1) is 17.1 Å². The van der Waals surface area contributed by atoms with Crippen molar-refractivity contribution in [2.75, 3.05) is 18.4 Å². The molecule has 2 N–H and O–H groups in total. The van der Waals surface area contributed by atoms with Crippen LogP contribution in [0.15, 0.2) is 42.5 Å². The molecule has 33 heavy (non-hydrogen) atoms. The number of amides is 2. The van der Waals surface area contributed by atoms with Crippen LogP contribution in [-0.2, 0) is 11.3 Å². The van der Waals surface area contributed by atoms with Crippen molar-refractivity contribution in [2.45, 2.75) is 51.5 Å². The van der Waals surface area contributed by atoms with Crippen molar-refractivity contribution in [1.82, 2.24) is 10.2 Å². The SMILES string of the molecule is CC1CN(C(=O)c2ccc(CNC(=O)c3ccc(NC4CC4)c([N+](=O)[O-])c3)cc2)CC(C)O1. The zero-order valence-corrected chi connectivity index (χ0v) is 18.7. The van der Waals surface area contributed by atoms with Crippen molar-refractivity contribution in [3.05, 3.63) is 69.3 Å². The Kier molecular flexibility index (Phi) is 6.60. The number of nitrogens with zero attached hydrogens (tertiary/aromatic N) is 2. The topological polar surface area (TPSA) is 114 Å². The first-order valence-electron chi connectivity index (χ1n) is 11.2. The van der Waals surface area contributed by atoms with Gasteiger partial charge in [0.15, 0.2) is 0 Å². The minimum Gasteiger partial charge on any atom is -0.377 e. The summed E-state index contributed by atoms with van der Waals surface area (Å²) in [6.45, 7) is 5.26. The van der Waals surface area contributed by atoms with E-state index in [9.17, 15) is 19.7 Å². The summed E-state index contributed by atoms with van der Waals surface area (Å²) in [4.78, 5) is 38.1. The van der Waals surface area contributed by atoms with E-state index in [0.717, 1.165) is 18.4 Å². The van der Waals surface area contributed by atoms with Gasteiger partial charge in [-0.05, 0) is 56.5 Å². The second-order valence-electron chi connectivity index (χ2n) is 8.75. The number of ether oxygens (including phenoxy) is 1. The first-order valence-corrected chi connectivity index (χ1v) is 11.2. The number of nitro groups is 1. The number of hydrogen-bond donors (Lipinski definition) is 2. The molecule has 9 heteroatoms. The monoisotopic (exact) mass is 452 g/mol. The molecule has 2 aromatic carbocycles. The van der Waals surface area contributed by atoms with Crippen LogP contribution < -0.4 is 10.6 Å². The summed E-state index contributed by atoms with van der Waals surface area (Å²) in [7, 11) is 0. The van der Waals surface area contributed by atoms with Crippen LogP contribution in [0.3, 0.4) is 0 Å². The fourth-order valence-corrected chi connectivity index (χ4v) is 3.97. The molecular weight excluding hydrogens is 424 g/mol. The largest absolute Gasteiger partial charge is 0.377 e. The number of nitro benzene ring substituents is 1. The zero-order valence-electron chi connectivity index (χ0n) is 18.7. The minimum absolute atomic E-state index is 0.00145. The van der Waals surface area contributed by atoms with Crippen molar-refractivity contribution in [1.29, 1.82) is 0 Å². The van der Waals surface area contributed by atoms with E-state index in [2.05, 4.69) is 10.6 Å². The van der Waals surface area contributed by atoms with Gasteiger partial charge >= 0.3 is 0 Å². The van der Waals surface area contributed by atoms with Crippen LogP contribution in [0.4, 0.5) is 11.4 Å². The molecule has 1 saturated heterocycles. The summed E-state index contributed by atoms with van der Waals surface area (Å²) in [6.07, 6.45) is 1.99. The molecule has 2 aromatic rings. The maximum atomic E-state index is 12.8. The third-order valence-corrected chi connectivity index (χ3v) is 5.75. The van der Waals surface area contributed by atoms with Gasteiger partial charge in [-0.1, -0.05) is 12.1 Å². The second-order valence-corrected chi connectivity index (χ2v) is 8.75. The van der Waals surface area contributed by atoms with Crippen LogP contribution in [0.1, 0.15) is 53.0 Å². The summed E-state index contributed by atoms with van der Waals surface area (Å²) in [6, 6.07) is 11.8. The molecule has 9 nitrogen and oxygen atoms in total. The quantitative estimate of drug-likeness (QED) is 0.492. The van der Waals surface area contributed by atoms with E-state index in [0.29, 0.717) is 24.3 Å². The van der Waals surface area contributed by atoms with Crippen molar-refractivity contribution in [2.24, 2.45) is 0 Å². The average Bonchev–Trinajstić information content (AvgIpc) is 3.61. The van der Waals surface area contributed by atoms with E-state index in [1.165, 1.54) is 6.07 Å². The van der Waals surface area contributed by atoms with Gasteiger partial charge in [-0.2, -0.15) is 0 Å². The lowest BCUT2D eigenvalue weighted by Crippen LogP contribution is -2.48. The Morgan fingerprint density at radius 3 is 2.30 bits per heavy atom. The Hall–Kier alpha value is -3.46. The molecule has 2 atom stereocenters. The Balaban J connectivity index is 1.36. The summed E-state index contributed by atoms with van der Waals surface area (Å²) in [5.74, 6) is -0.438. The van der Waals surface area contributed by atoms with Crippen molar-refractivity contribution in [3.8, 4) is 0 Å². The smallest absolute Gasteiger partial charge is 0.293 e. The number of anilines is 1. The van der Waals surface area contributed by atoms with Crippen LogP contribution in [0.5, 0.6) is 0 Å². The number of carbonyl (C=O) groups is 2. The van der Waals surface area contributed by atoms with Gasteiger partial charge in [0, 0.05) is 42.9 Å². The first-order chi connectivity index (χ1) is 15.8. The molecule has 1 saturated carbocycles. The van der Waals surface area contributed by atoms with E-state index in [4.69, 9.17) is 4.74 Å². The van der Waals surface area contributed by atoms with Gasteiger partial charge in [0.2, 0.25) is 0 Å². The third kappa shape index (κ3) is 5.67. The van der Waals surface area contributed by atoms with Crippen molar-refractivity contribution < 1.29 is 19.2 Å². The van der Waals surface area contributed by atoms with E-state index in [1.54, 1.807) is 41.3 Å². The fourth-order valence-electron chi connectivity index (χ4n) is 3.97. The van der Waals surface area contributed by atoms with Crippen LogP contribution in [0.25, 0.3) is 0 Å². The molecule has 1 aliphatic heterocycles. The lowest BCUT2D eigenvalue weighted by molar-refractivity contribution is -0.384. The molecule has 2 aliphatic rings. The van der Waals surface area contributed by atoms with Gasteiger partial charge < -0.3 is 20.3 Å². The molecule has 2 unspecified atom stereocenters.